The number of carbonyl (C=O) groups is 1. The molecule has 0 aromatic rings. The third kappa shape index (κ3) is 5.45. The molecule has 0 saturated carbocycles. The van der Waals surface area contributed by atoms with Crippen LogP contribution in [-0.2, 0) is 4.79 Å². The van der Waals surface area contributed by atoms with Crippen LogP contribution in [0, 0.1) is 5.92 Å². The van der Waals surface area contributed by atoms with Crippen LogP contribution in [0.15, 0.2) is 12.7 Å². The van der Waals surface area contributed by atoms with E-state index in [4.69, 9.17) is 0 Å². The van der Waals surface area contributed by atoms with Crippen LogP contribution >= 0.6 is 0 Å². The number of rotatable bonds is 6. The lowest BCUT2D eigenvalue weighted by molar-refractivity contribution is -0.125. The van der Waals surface area contributed by atoms with E-state index in [0.29, 0.717) is 0 Å². The normalized spacial score (nSPS) is 12.6. The summed E-state index contributed by atoms with van der Waals surface area (Å²) in [6.45, 7) is 9.72. The second-order valence-electron chi connectivity index (χ2n) is 3.67. The van der Waals surface area contributed by atoms with Crippen LogP contribution in [-0.4, -0.2) is 11.9 Å². The summed E-state index contributed by atoms with van der Waals surface area (Å²) in [7, 11) is 0. The highest BCUT2D eigenvalue weighted by Crippen LogP contribution is 2.11. The van der Waals surface area contributed by atoms with Crippen molar-refractivity contribution in [3.05, 3.63) is 12.7 Å². The van der Waals surface area contributed by atoms with E-state index in [9.17, 15) is 4.79 Å². The van der Waals surface area contributed by atoms with Gasteiger partial charge < -0.3 is 5.32 Å². The van der Waals surface area contributed by atoms with Gasteiger partial charge in [0, 0.05) is 12.0 Å². The van der Waals surface area contributed by atoms with Crippen molar-refractivity contribution < 1.29 is 4.79 Å². The van der Waals surface area contributed by atoms with Crippen LogP contribution in [0.3, 0.4) is 0 Å². The molecule has 13 heavy (non-hydrogen) atoms. The van der Waals surface area contributed by atoms with E-state index in [2.05, 4.69) is 18.8 Å². The van der Waals surface area contributed by atoms with Gasteiger partial charge in [-0.3, -0.25) is 4.79 Å². The summed E-state index contributed by atoms with van der Waals surface area (Å²) < 4.78 is 0. The molecule has 0 aliphatic heterocycles. The van der Waals surface area contributed by atoms with E-state index in [-0.39, 0.29) is 17.9 Å². The zero-order valence-corrected chi connectivity index (χ0v) is 8.97. The maximum Gasteiger partial charge on any atom is 0.223 e. The zero-order valence-electron chi connectivity index (χ0n) is 8.97. The van der Waals surface area contributed by atoms with Gasteiger partial charge in [0.15, 0.2) is 0 Å². The Morgan fingerprint density at radius 3 is 2.54 bits per heavy atom. The molecule has 1 N–H and O–H groups in total. The van der Waals surface area contributed by atoms with Gasteiger partial charge in [-0.05, 0) is 26.7 Å². The minimum atomic E-state index is 0.116. The molecule has 1 atom stereocenters. The standard InChI is InChI=1S/C11H21NO/c1-5-7-10(8-6-2)11(13)12-9(3)4/h5,9-10H,1,6-8H2,2-4H3,(H,12,13). The fourth-order valence-electron chi connectivity index (χ4n) is 1.31. The van der Waals surface area contributed by atoms with E-state index in [0.717, 1.165) is 19.3 Å². The van der Waals surface area contributed by atoms with Gasteiger partial charge in [-0.2, -0.15) is 0 Å². The number of carbonyl (C=O) groups excluding carboxylic acids is 1. The molecule has 0 aliphatic carbocycles. The van der Waals surface area contributed by atoms with Crippen molar-refractivity contribution in [2.75, 3.05) is 0 Å². The topological polar surface area (TPSA) is 29.1 Å². The molecule has 76 valence electrons. The Morgan fingerprint density at radius 2 is 2.15 bits per heavy atom. The summed E-state index contributed by atoms with van der Waals surface area (Å²) >= 11 is 0. The number of hydrogen-bond acceptors (Lipinski definition) is 1. The second-order valence-corrected chi connectivity index (χ2v) is 3.67. The summed E-state index contributed by atoms with van der Waals surface area (Å²) in [5.41, 5.74) is 0. The number of hydrogen-bond donors (Lipinski definition) is 1. The minimum absolute atomic E-state index is 0.116. The van der Waals surface area contributed by atoms with Gasteiger partial charge in [0.2, 0.25) is 5.91 Å². The number of allylic oxidation sites excluding steroid dienone is 1. The molecule has 0 rings (SSSR count). The van der Waals surface area contributed by atoms with Crippen LogP contribution in [0.1, 0.15) is 40.0 Å². The van der Waals surface area contributed by atoms with Crippen molar-refractivity contribution in [3.8, 4) is 0 Å². The fraction of sp³-hybridized carbons (Fsp3) is 0.727. The monoisotopic (exact) mass is 183 g/mol. The highest BCUT2D eigenvalue weighted by Gasteiger charge is 2.15. The molecular formula is C11H21NO. The smallest absolute Gasteiger partial charge is 0.223 e. The zero-order chi connectivity index (χ0) is 10.3. The number of amides is 1. The first-order valence-corrected chi connectivity index (χ1v) is 5.03. The van der Waals surface area contributed by atoms with Crippen molar-refractivity contribution >= 4 is 5.91 Å². The SMILES string of the molecule is C=CCC(CCC)C(=O)NC(C)C. The second kappa shape index (κ2) is 6.70. The van der Waals surface area contributed by atoms with Gasteiger partial charge >= 0.3 is 0 Å². The highest BCUT2D eigenvalue weighted by atomic mass is 16.1. The van der Waals surface area contributed by atoms with Gasteiger partial charge in [-0.1, -0.05) is 19.4 Å². The summed E-state index contributed by atoms with van der Waals surface area (Å²) in [5, 5.41) is 2.93. The Hall–Kier alpha value is -0.790. The summed E-state index contributed by atoms with van der Waals surface area (Å²) in [4.78, 5) is 11.6. The lowest BCUT2D eigenvalue weighted by Crippen LogP contribution is -2.35. The summed E-state index contributed by atoms with van der Waals surface area (Å²) in [6.07, 6.45) is 4.60. The van der Waals surface area contributed by atoms with Crippen molar-refractivity contribution in [2.24, 2.45) is 5.92 Å². The van der Waals surface area contributed by atoms with Crippen LogP contribution in [0.25, 0.3) is 0 Å². The van der Waals surface area contributed by atoms with Crippen LogP contribution in [0.5, 0.6) is 0 Å². The van der Waals surface area contributed by atoms with Gasteiger partial charge in [-0.25, -0.2) is 0 Å². The van der Waals surface area contributed by atoms with Crippen LogP contribution in [0.4, 0.5) is 0 Å². The van der Waals surface area contributed by atoms with Crippen molar-refractivity contribution in [1.29, 1.82) is 0 Å². The van der Waals surface area contributed by atoms with Gasteiger partial charge in [-0.15, -0.1) is 6.58 Å². The van der Waals surface area contributed by atoms with Crippen LogP contribution in [0.2, 0.25) is 0 Å². The van der Waals surface area contributed by atoms with E-state index < -0.39 is 0 Å². The lowest BCUT2D eigenvalue weighted by atomic mass is 9.98. The molecule has 2 heteroatoms. The Bertz CT molecular complexity index is 163. The Labute approximate surface area is 81.4 Å². The molecule has 1 amide bonds. The third-order valence-electron chi connectivity index (χ3n) is 1.89. The van der Waals surface area contributed by atoms with Crippen LogP contribution < -0.4 is 5.32 Å². The fourth-order valence-corrected chi connectivity index (χ4v) is 1.31. The molecule has 0 aromatic carbocycles. The average molecular weight is 183 g/mol. The lowest BCUT2D eigenvalue weighted by Gasteiger charge is -2.16. The maximum atomic E-state index is 11.6. The average Bonchev–Trinajstić information content (AvgIpc) is 2.02. The quantitative estimate of drug-likeness (QED) is 0.630. The molecule has 0 radical (unpaired) electrons. The Kier molecular flexibility index (Phi) is 6.29. The summed E-state index contributed by atoms with van der Waals surface area (Å²) in [6, 6.07) is 0.233. The van der Waals surface area contributed by atoms with Gasteiger partial charge in [0.05, 0.1) is 0 Å². The van der Waals surface area contributed by atoms with Crippen molar-refractivity contribution in [2.45, 2.75) is 46.1 Å². The van der Waals surface area contributed by atoms with Gasteiger partial charge in [0.1, 0.15) is 0 Å². The molecule has 0 bridgehead atoms. The summed E-state index contributed by atoms with van der Waals surface area (Å²) in [5.74, 6) is 0.279. The molecule has 0 aliphatic rings. The predicted molar refractivity (Wildman–Crippen MR) is 56.5 cm³/mol. The molecule has 1 unspecified atom stereocenters. The first-order chi connectivity index (χ1) is 6.11. The van der Waals surface area contributed by atoms with E-state index in [1.54, 1.807) is 0 Å². The predicted octanol–water partition coefficient (Wildman–Crippen LogP) is 2.50. The van der Waals surface area contributed by atoms with Crippen molar-refractivity contribution in [3.63, 3.8) is 0 Å². The van der Waals surface area contributed by atoms with E-state index in [1.165, 1.54) is 0 Å². The molecule has 2 nitrogen and oxygen atoms in total. The first kappa shape index (κ1) is 12.2. The largest absolute Gasteiger partial charge is 0.354 e. The molecule has 0 spiro atoms. The number of nitrogens with one attached hydrogen (secondary N) is 1. The van der Waals surface area contributed by atoms with Gasteiger partial charge in [0.25, 0.3) is 0 Å². The highest BCUT2D eigenvalue weighted by molar-refractivity contribution is 5.78. The van der Waals surface area contributed by atoms with E-state index >= 15 is 0 Å². The first-order valence-electron chi connectivity index (χ1n) is 5.03. The van der Waals surface area contributed by atoms with E-state index in [1.807, 2.05) is 19.9 Å². The molecular weight excluding hydrogens is 162 g/mol. The Balaban J connectivity index is 4.02. The molecule has 0 saturated heterocycles. The van der Waals surface area contributed by atoms with Crippen molar-refractivity contribution in [1.82, 2.24) is 5.32 Å². The minimum Gasteiger partial charge on any atom is -0.354 e. The maximum absolute atomic E-state index is 11.6. The molecule has 0 fully saturated rings. The molecule has 0 heterocycles. The molecule has 0 aromatic heterocycles. The third-order valence-corrected chi connectivity index (χ3v) is 1.89. The Morgan fingerprint density at radius 1 is 1.54 bits per heavy atom.